The molecule has 0 unspecified atom stereocenters. The number of rotatable bonds is 7. The molecule has 0 atom stereocenters. The number of hydrogen-bond acceptors (Lipinski definition) is 5. The van der Waals surface area contributed by atoms with E-state index in [1.165, 1.54) is 11.3 Å². The smallest absolute Gasteiger partial charge is 0.416 e. The number of alkyl halides is 3. The minimum Gasteiger partial charge on any atom is -0.431 e. The van der Waals surface area contributed by atoms with Crippen molar-refractivity contribution in [3.63, 3.8) is 0 Å². The van der Waals surface area contributed by atoms with Crippen LogP contribution in [0.2, 0.25) is 0 Å². The van der Waals surface area contributed by atoms with Crippen LogP contribution in [0.15, 0.2) is 60.1 Å². The van der Waals surface area contributed by atoms with E-state index in [4.69, 9.17) is 4.74 Å². The highest BCUT2D eigenvalue weighted by Gasteiger charge is 2.30. The maximum atomic E-state index is 12.6. The second kappa shape index (κ2) is 8.29. The van der Waals surface area contributed by atoms with Crippen LogP contribution in [0, 0.1) is 0 Å². The summed E-state index contributed by atoms with van der Waals surface area (Å²) in [6.07, 6.45) is -2.83. The summed E-state index contributed by atoms with van der Waals surface area (Å²) in [5.41, 5.74) is 0.164. The Morgan fingerprint density at radius 1 is 1.00 bits per heavy atom. The van der Waals surface area contributed by atoms with Crippen LogP contribution in [0.3, 0.4) is 0 Å². The molecule has 0 aliphatic rings. The fraction of sp³-hybridized carbons (Fsp3) is 0.167. The first-order valence-electron chi connectivity index (χ1n) is 8.01. The molecule has 0 saturated carbocycles. The van der Waals surface area contributed by atoms with Crippen LogP contribution in [0.1, 0.15) is 16.7 Å². The first-order chi connectivity index (χ1) is 13.2. The molecule has 1 N–H and O–H groups in total. The number of thiazole rings is 1. The number of ether oxygens (including phenoxy) is 1. The summed E-state index contributed by atoms with van der Waals surface area (Å²) in [6, 6.07) is 10.9. The van der Waals surface area contributed by atoms with Crippen molar-refractivity contribution in [2.24, 2.45) is 0 Å². The van der Waals surface area contributed by atoms with E-state index < -0.39 is 27.5 Å². The van der Waals surface area contributed by atoms with Crippen LogP contribution < -0.4 is 9.46 Å². The number of sulfonamides is 1. The van der Waals surface area contributed by atoms with Crippen molar-refractivity contribution in [1.82, 2.24) is 9.71 Å². The lowest BCUT2D eigenvalue weighted by atomic mass is 10.1. The van der Waals surface area contributed by atoms with E-state index >= 15 is 0 Å². The van der Waals surface area contributed by atoms with Crippen molar-refractivity contribution in [2.45, 2.75) is 18.5 Å². The third-order valence-electron chi connectivity index (χ3n) is 3.67. The van der Waals surface area contributed by atoms with E-state index in [-0.39, 0.29) is 12.1 Å². The van der Waals surface area contributed by atoms with E-state index in [9.17, 15) is 21.6 Å². The summed E-state index contributed by atoms with van der Waals surface area (Å²) >= 11 is 1.35. The predicted octanol–water partition coefficient (Wildman–Crippen LogP) is 4.57. The van der Waals surface area contributed by atoms with Gasteiger partial charge >= 0.3 is 6.18 Å². The summed E-state index contributed by atoms with van der Waals surface area (Å²) in [5, 5.41) is 2.29. The van der Waals surface area contributed by atoms with Gasteiger partial charge in [0.15, 0.2) is 0 Å². The molecule has 0 fully saturated rings. The van der Waals surface area contributed by atoms with Gasteiger partial charge in [0, 0.05) is 18.1 Å². The third kappa shape index (κ3) is 5.78. The topological polar surface area (TPSA) is 68.3 Å². The summed E-state index contributed by atoms with van der Waals surface area (Å²) in [5.74, 6) is 0.169. The maximum Gasteiger partial charge on any atom is 0.416 e. The predicted molar refractivity (Wildman–Crippen MR) is 99.5 cm³/mol. The Morgan fingerprint density at radius 2 is 1.64 bits per heavy atom. The highest BCUT2D eigenvalue weighted by atomic mass is 32.2. The van der Waals surface area contributed by atoms with Gasteiger partial charge in [0.25, 0.3) is 5.19 Å². The SMILES string of the molecule is O=S(=O)(Cc1ccc(C(F)(F)F)cc1)NCc1ccc(Oc2nccs2)cc1. The van der Waals surface area contributed by atoms with Gasteiger partial charge in [0.05, 0.1) is 11.3 Å². The molecule has 148 valence electrons. The van der Waals surface area contributed by atoms with Crippen molar-refractivity contribution >= 4 is 21.4 Å². The van der Waals surface area contributed by atoms with Crippen molar-refractivity contribution in [1.29, 1.82) is 0 Å². The molecule has 1 aromatic heterocycles. The van der Waals surface area contributed by atoms with Gasteiger partial charge in [0.1, 0.15) is 5.75 Å². The molecule has 10 heteroatoms. The van der Waals surface area contributed by atoms with Gasteiger partial charge in [-0.15, -0.1) is 0 Å². The van der Waals surface area contributed by atoms with Crippen molar-refractivity contribution in [2.75, 3.05) is 0 Å². The number of benzene rings is 2. The highest BCUT2D eigenvalue weighted by Crippen LogP contribution is 2.29. The molecule has 2 aromatic carbocycles. The van der Waals surface area contributed by atoms with E-state index in [0.29, 0.717) is 16.5 Å². The molecule has 0 aliphatic carbocycles. The zero-order valence-electron chi connectivity index (χ0n) is 14.3. The van der Waals surface area contributed by atoms with Crippen molar-refractivity contribution in [3.8, 4) is 10.9 Å². The molecule has 1 heterocycles. The minimum atomic E-state index is -4.45. The largest absolute Gasteiger partial charge is 0.431 e. The Balaban J connectivity index is 1.55. The van der Waals surface area contributed by atoms with Gasteiger partial charge in [-0.1, -0.05) is 35.6 Å². The summed E-state index contributed by atoms with van der Waals surface area (Å²) in [6.45, 7) is 0.0561. The second-order valence-electron chi connectivity index (χ2n) is 5.82. The summed E-state index contributed by atoms with van der Waals surface area (Å²) in [7, 11) is -3.70. The zero-order valence-corrected chi connectivity index (χ0v) is 15.9. The second-order valence-corrected chi connectivity index (χ2v) is 8.48. The molecular weight excluding hydrogens is 413 g/mol. The fourth-order valence-electron chi connectivity index (χ4n) is 2.29. The van der Waals surface area contributed by atoms with Gasteiger partial charge in [-0.25, -0.2) is 18.1 Å². The molecule has 0 amide bonds. The van der Waals surface area contributed by atoms with Crippen LogP contribution in [0.25, 0.3) is 0 Å². The Kier molecular flexibility index (Phi) is 6.01. The number of aromatic nitrogens is 1. The van der Waals surface area contributed by atoms with Gasteiger partial charge in [0.2, 0.25) is 10.0 Å². The van der Waals surface area contributed by atoms with Gasteiger partial charge in [-0.2, -0.15) is 13.2 Å². The Morgan fingerprint density at radius 3 is 2.21 bits per heavy atom. The molecular formula is C18H15F3N2O3S2. The number of hydrogen-bond donors (Lipinski definition) is 1. The van der Waals surface area contributed by atoms with Gasteiger partial charge in [-0.05, 0) is 35.4 Å². The first-order valence-corrected chi connectivity index (χ1v) is 10.5. The quantitative estimate of drug-likeness (QED) is 0.598. The number of halogens is 3. The lowest BCUT2D eigenvalue weighted by molar-refractivity contribution is -0.137. The average Bonchev–Trinajstić information content (AvgIpc) is 3.14. The maximum absolute atomic E-state index is 12.6. The molecule has 0 aliphatic heterocycles. The van der Waals surface area contributed by atoms with Gasteiger partial charge in [-0.3, -0.25) is 0 Å². The lowest BCUT2D eigenvalue weighted by Crippen LogP contribution is -2.24. The van der Waals surface area contributed by atoms with E-state index in [1.807, 2.05) is 0 Å². The standard InChI is InChI=1S/C18H15F3N2O3S2/c19-18(20,21)15-5-1-14(2-6-15)12-28(24,25)23-11-13-3-7-16(8-4-13)26-17-22-9-10-27-17/h1-10,23H,11-12H2. The van der Waals surface area contributed by atoms with E-state index in [1.54, 1.807) is 35.8 Å². The summed E-state index contributed by atoms with van der Waals surface area (Å²) in [4.78, 5) is 4.00. The van der Waals surface area contributed by atoms with Gasteiger partial charge < -0.3 is 4.74 Å². The van der Waals surface area contributed by atoms with Crippen molar-refractivity contribution < 1.29 is 26.3 Å². The Bertz CT molecular complexity index is 1000. The molecule has 0 saturated heterocycles. The fourth-order valence-corrected chi connectivity index (χ4v) is 3.91. The minimum absolute atomic E-state index is 0.0561. The Labute approximate surface area is 163 Å². The lowest BCUT2D eigenvalue weighted by Gasteiger charge is -2.09. The molecule has 5 nitrogen and oxygen atoms in total. The van der Waals surface area contributed by atoms with Crippen LogP contribution >= 0.6 is 11.3 Å². The molecule has 0 bridgehead atoms. The number of nitrogens with one attached hydrogen (secondary N) is 1. The first kappa shape index (κ1) is 20.3. The monoisotopic (exact) mass is 428 g/mol. The number of nitrogens with zero attached hydrogens (tertiary/aromatic N) is 1. The molecule has 28 heavy (non-hydrogen) atoms. The van der Waals surface area contributed by atoms with Crippen molar-refractivity contribution in [3.05, 3.63) is 76.8 Å². The molecule has 3 rings (SSSR count). The highest BCUT2D eigenvalue weighted by molar-refractivity contribution is 7.88. The summed E-state index contributed by atoms with van der Waals surface area (Å²) < 4.78 is 70.0. The van der Waals surface area contributed by atoms with Crippen LogP contribution in [-0.2, 0) is 28.5 Å². The Hall–Kier alpha value is -2.43. The van der Waals surface area contributed by atoms with E-state index in [2.05, 4.69) is 9.71 Å². The molecule has 0 radical (unpaired) electrons. The van der Waals surface area contributed by atoms with E-state index in [0.717, 1.165) is 24.3 Å². The van der Waals surface area contributed by atoms with Crippen LogP contribution in [0.4, 0.5) is 13.2 Å². The normalized spacial score (nSPS) is 12.1. The van der Waals surface area contributed by atoms with Crippen LogP contribution in [0.5, 0.6) is 10.9 Å². The van der Waals surface area contributed by atoms with Crippen LogP contribution in [-0.4, -0.2) is 13.4 Å². The zero-order chi connectivity index (χ0) is 20.2. The average molecular weight is 428 g/mol. The molecule has 0 spiro atoms. The third-order valence-corrected chi connectivity index (χ3v) is 5.62. The molecule has 3 aromatic rings.